The van der Waals surface area contributed by atoms with E-state index in [-0.39, 0.29) is 55.9 Å². The Labute approximate surface area is 380 Å². The molecule has 5 aromatic rings. The van der Waals surface area contributed by atoms with Gasteiger partial charge in [-0.05, 0) is 79.9 Å². The number of aliphatic hydroxyl groups is 3. The number of alkyl halides is 4. The van der Waals surface area contributed by atoms with E-state index in [0.29, 0.717) is 35.3 Å². The first-order valence-electron chi connectivity index (χ1n) is 19.7. The third-order valence-corrected chi connectivity index (χ3v) is 14.6. The Morgan fingerprint density at radius 2 is 1.03 bits per heavy atom. The zero-order valence-electron chi connectivity index (χ0n) is 35.4. The van der Waals surface area contributed by atoms with E-state index in [1.165, 1.54) is 30.3 Å². The van der Waals surface area contributed by atoms with Crippen LogP contribution >= 0.6 is 0 Å². The van der Waals surface area contributed by atoms with Gasteiger partial charge in [-0.2, -0.15) is 10.5 Å². The second kappa shape index (κ2) is 17.2. The molecule has 0 spiro atoms. The molecule has 0 saturated heterocycles. The van der Waals surface area contributed by atoms with Gasteiger partial charge in [-0.15, -0.1) is 0 Å². The van der Waals surface area contributed by atoms with E-state index in [9.17, 15) is 67.8 Å². The number of halogens is 5. The maximum Gasteiger partial charge on any atom is 0.281 e. The molecular formula is C45H37F5N2O12S3. The van der Waals surface area contributed by atoms with Crippen molar-refractivity contribution in [2.45, 2.75) is 77.5 Å². The van der Waals surface area contributed by atoms with Gasteiger partial charge >= 0.3 is 0 Å². The number of ether oxygens (including phenoxy) is 3. The predicted molar refractivity (Wildman–Crippen MR) is 226 cm³/mol. The van der Waals surface area contributed by atoms with Gasteiger partial charge < -0.3 is 29.5 Å². The second-order valence-corrected chi connectivity index (χ2v) is 22.2. The molecule has 0 radical (unpaired) electrons. The molecule has 0 aromatic heterocycles. The summed E-state index contributed by atoms with van der Waals surface area (Å²) in [7, 11) is -11.5. The van der Waals surface area contributed by atoms with Crippen molar-refractivity contribution in [1.82, 2.24) is 0 Å². The second-order valence-electron chi connectivity index (χ2n) is 16.3. The fourth-order valence-corrected chi connectivity index (χ4v) is 11.2. The summed E-state index contributed by atoms with van der Waals surface area (Å²) in [5.74, 6) is -8.16. The zero-order chi connectivity index (χ0) is 49.3. The number of rotatable bonds is 9. The van der Waals surface area contributed by atoms with E-state index < -0.39 is 99.2 Å². The Kier molecular flexibility index (Phi) is 12.5. The molecule has 0 fully saturated rings. The van der Waals surface area contributed by atoms with E-state index in [1.807, 2.05) is 12.1 Å². The first kappa shape index (κ1) is 48.8. The van der Waals surface area contributed by atoms with Gasteiger partial charge in [-0.25, -0.2) is 47.2 Å². The first-order chi connectivity index (χ1) is 31.0. The third-order valence-electron chi connectivity index (χ3n) is 11.2. The summed E-state index contributed by atoms with van der Waals surface area (Å²) in [6.45, 7) is 1.69. The maximum atomic E-state index is 14.5. The lowest BCUT2D eigenvalue weighted by Gasteiger charge is -2.17. The predicted octanol–water partition coefficient (Wildman–Crippen LogP) is 7.58. The summed E-state index contributed by atoms with van der Waals surface area (Å²) in [5.41, 5.74) is 0.0510. The molecule has 1 unspecified atom stereocenters. The third kappa shape index (κ3) is 9.55. The number of nitriles is 2. The lowest BCUT2D eigenvalue weighted by atomic mass is 10.0. The largest absolute Gasteiger partial charge is 0.457 e. The Hall–Kier alpha value is -6.14. The van der Waals surface area contributed by atoms with Crippen LogP contribution in [0.25, 0.3) is 0 Å². The molecule has 3 aliphatic carbocycles. The minimum atomic E-state index is -4.00. The molecule has 67 heavy (non-hydrogen) atoms. The first-order valence-corrected chi connectivity index (χ1v) is 25.4. The number of nitrogens with zero attached hydrogens (tertiary/aromatic N) is 2. The van der Waals surface area contributed by atoms with Crippen LogP contribution in [0, 0.1) is 35.4 Å². The minimum absolute atomic E-state index is 0.0629. The van der Waals surface area contributed by atoms with Gasteiger partial charge in [0.05, 0.1) is 44.1 Å². The topological polar surface area (TPSA) is 238 Å². The molecule has 0 bridgehead atoms. The average molecular weight is 989 g/mol. The molecule has 352 valence electrons. The average Bonchev–Trinajstić information content (AvgIpc) is 3.81. The van der Waals surface area contributed by atoms with Crippen molar-refractivity contribution < 1.29 is 76.7 Å². The summed E-state index contributed by atoms with van der Waals surface area (Å²) in [6, 6.07) is 16.7. The van der Waals surface area contributed by atoms with Crippen LogP contribution in [0.15, 0.2) is 81.4 Å². The highest BCUT2D eigenvalue weighted by atomic mass is 32.2. The Balaban J connectivity index is 0.000000227. The highest BCUT2D eigenvalue weighted by molar-refractivity contribution is 7.91. The van der Waals surface area contributed by atoms with E-state index in [4.69, 9.17) is 19.5 Å². The Morgan fingerprint density at radius 3 is 1.46 bits per heavy atom. The molecule has 3 atom stereocenters. The van der Waals surface area contributed by atoms with Crippen LogP contribution in [0.1, 0.15) is 74.8 Å². The fourth-order valence-electron chi connectivity index (χ4n) is 8.28. The molecule has 0 aliphatic heterocycles. The summed E-state index contributed by atoms with van der Waals surface area (Å²) in [5, 5.41) is 49.1. The van der Waals surface area contributed by atoms with Gasteiger partial charge in [0.25, 0.3) is 11.8 Å². The Morgan fingerprint density at radius 1 is 0.597 bits per heavy atom. The van der Waals surface area contributed by atoms with Gasteiger partial charge in [0.15, 0.2) is 29.5 Å². The van der Waals surface area contributed by atoms with Crippen molar-refractivity contribution in [1.29, 1.82) is 10.5 Å². The molecule has 3 N–H and O–H groups in total. The number of sulfone groups is 3. The van der Waals surface area contributed by atoms with Gasteiger partial charge in [-0.3, -0.25) is 0 Å². The van der Waals surface area contributed by atoms with Crippen LogP contribution in [-0.4, -0.2) is 71.2 Å². The van der Waals surface area contributed by atoms with Crippen molar-refractivity contribution >= 4 is 29.5 Å². The SMILES string of the molecule is CS(=O)(=O)c1ccc(Oc2cc(C#N)cc(Oc3ccc(S(C)(=O)=O)c4c3CC(F)(F)[C@H]4O)c2)c2c1[C@H](O)C(F)(F)C2.Cc1cc(S(C)(=O)=O)c2c(c1Oc1cc(F)cc(C#N)c1)CCC2O. The highest BCUT2D eigenvalue weighted by Crippen LogP contribution is 2.52. The smallest absolute Gasteiger partial charge is 0.281 e. The van der Waals surface area contributed by atoms with Gasteiger partial charge in [0, 0.05) is 77.1 Å². The maximum absolute atomic E-state index is 14.5. The molecular weight excluding hydrogens is 952 g/mol. The molecule has 8 rings (SSSR count). The van der Waals surface area contributed by atoms with Gasteiger partial charge in [-0.1, -0.05) is 0 Å². The lowest BCUT2D eigenvalue weighted by molar-refractivity contribution is -0.0978. The van der Waals surface area contributed by atoms with Gasteiger partial charge in [0.1, 0.15) is 52.5 Å². The monoisotopic (exact) mass is 988 g/mol. The van der Waals surface area contributed by atoms with E-state index >= 15 is 0 Å². The molecule has 3 aliphatic rings. The molecule has 22 heteroatoms. The van der Waals surface area contributed by atoms with Crippen LogP contribution in [0.3, 0.4) is 0 Å². The number of fused-ring (bicyclic) bond motifs is 3. The van der Waals surface area contributed by atoms with E-state index in [2.05, 4.69) is 0 Å². The van der Waals surface area contributed by atoms with E-state index in [0.717, 1.165) is 55.2 Å². The summed E-state index contributed by atoms with van der Waals surface area (Å²) >= 11 is 0. The van der Waals surface area contributed by atoms with Crippen LogP contribution < -0.4 is 14.2 Å². The molecule has 14 nitrogen and oxygen atoms in total. The summed E-state index contributed by atoms with van der Waals surface area (Å²) in [6.07, 6.45) is -4.20. The van der Waals surface area contributed by atoms with Crippen molar-refractivity contribution in [2.24, 2.45) is 0 Å². The molecule has 0 heterocycles. The van der Waals surface area contributed by atoms with Crippen LogP contribution in [0.4, 0.5) is 22.0 Å². The summed E-state index contributed by atoms with van der Waals surface area (Å²) < 4.78 is 162. The minimum Gasteiger partial charge on any atom is -0.457 e. The highest BCUT2D eigenvalue weighted by Gasteiger charge is 2.51. The number of aryl methyl sites for hydroxylation is 1. The number of benzene rings is 5. The molecule has 0 saturated carbocycles. The fraction of sp³-hybridized carbons (Fsp3) is 0.289. The van der Waals surface area contributed by atoms with E-state index in [1.54, 1.807) is 6.92 Å². The van der Waals surface area contributed by atoms with Gasteiger partial charge in [0.2, 0.25) is 0 Å². The normalized spacial score (nSPS) is 18.9. The van der Waals surface area contributed by atoms with Crippen LogP contribution in [0.2, 0.25) is 0 Å². The molecule has 5 aromatic carbocycles. The van der Waals surface area contributed by atoms with Crippen molar-refractivity contribution in [2.75, 3.05) is 18.8 Å². The van der Waals surface area contributed by atoms with Crippen molar-refractivity contribution in [3.8, 4) is 46.6 Å². The zero-order valence-corrected chi connectivity index (χ0v) is 37.9. The quantitative estimate of drug-likeness (QED) is 0.121. The number of aliphatic hydroxyl groups excluding tert-OH is 3. The number of hydrogen-bond donors (Lipinski definition) is 3. The van der Waals surface area contributed by atoms with Crippen molar-refractivity contribution in [3.05, 3.63) is 123 Å². The standard InChI is InChI=1S/C27H21F4NO8S2.C18H16FNO4S/c1-41(35,36)20-5-3-18(16-10-26(28,29)24(33)22(16)20)39-14-7-13(12-32)8-15(9-14)40-19-4-6-21(42(2,37)38)23-17(19)11-27(30,31)25(23)34;1-10-5-16(25(2,22)23)17-14(3-4-15(17)21)18(10)24-13-7-11(9-20)6-12(19)8-13/h3-9,24-25,33-34H,10-11H2,1-2H3;5-8,15,21H,3-4H2,1-2H3/t24-,25-;/m0./s1. The Bertz CT molecular complexity index is 3210. The van der Waals surface area contributed by atoms with Crippen molar-refractivity contribution in [3.63, 3.8) is 0 Å². The van der Waals surface area contributed by atoms with Crippen LogP contribution in [0.5, 0.6) is 34.5 Å². The summed E-state index contributed by atoms with van der Waals surface area (Å²) in [4.78, 5) is -0.890. The van der Waals surface area contributed by atoms with Crippen LogP contribution in [-0.2, 0) is 48.8 Å². The lowest BCUT2D eigenvalue weighted by Crippen LogP contribution is -2.22. The molecule has 0 amide bonds. The number of hydrogen-bond acceptors (Lipinski definition) is 14.